The minimum absolute atomic E-state index is 0.488. The molecule has 0 aliphatic carbocycles. The van der Waals surface area contributed by atoms with Gasteiger partial charge in [-0.15, -0.1) is 0 Å². The van der Waals surface area contributed by atoms with Gasteiger partial charge in [-0.3, -0.25) is 28.8 Å². The summed E-state index contributed by atoms with van der Waals surface area (Å²) in [4.78, 5) is 79.7. The maximum atomic E-state index is 12.9. The molecule has 0 aromatic rings. The van der Waals surface area contributed by atoms with Crippen LogP contribution in [0.25, 0.3) is 0 Å². The van der Waals surface area contributed by atoms with Crippen LogP contribution in [0.5, 0.6) is 0 Å². The summed E-state index contributed by atoms with van der Waals surface area (Å²) in [5, 5.41) is 7.60. The van der Waals surface area contributed by atoms with Crippen molar-refractivity contribution >= 4 is 35.4 Å². The van der Waals surface area contributed by atoms with Gasteiger partial charge in [0.2, 0.25) is 35.4 Å². The second kappa shape index (κ2) is 11.1. The lowest BCUT2D eigenvalue weighted by Gasteiger charge is -2.33. The van der Waals surface area contributed by atoms with Crippen LogP contribution in [0, 0.1) is 0 Å². The lowest BCUT2D eigenvalue weighted by atomic mass is 10.1. The summed E-state index contributed by atoms with van der Waals surface area (Å²) in [6.45, 7) is 8.90. The Morgan fingerprint density at radius 2 is 0.758 bits per heavy atom. The molecule has 1 rings (SSSR count). The van der Waals surface area contributed by atoms with Crippen molar-refractivity contribution in [1.29, 1.82) is 0 Å². The first-order valence-electron chi connectivity index (χ1n) is 10.8. The minimum atomic E-state index is -0.980. The first-order chi connectivity index (χ1) is 15.1. The third-order valence-electron chi connectivity index (χ3n) is 6.11. The second-order valence-electron chi connectivity index (χ2n) is 8.57. The Labute approximate surface area is 194 Å². The molecule has 1 heterocycles. The van der Waals surface area contributed by atoms with Gasteiger partial charge in [-0.05, 0) is 41.5 Å². The largest absolute Gasteiger partial charge is 0.343 e. The average Bonchev–Trinajstić information content (AvgIpc) is 2.78. The molecule has 0 aromatic heterocycles. The third-order valence-corrected chi connectivity index (χ3v) is 6.11. The lowest BCUT2D eigenvalue weighted by molar-refractivity contribution is -0.148. The summed E-state index contributed by atoms with van der Waals surface area (Å²) in [5.74, 6) is -3.24. The van der Waals surface area contributed by atoms with Crippen LogP contribution in [-0.2, 0) is 28.8 Å². The van der Waals surface area contributed by atoms with E-state index in [2.05, 4.69) is 16.0 Å². The molecule has 12 nitrogen and oxygen atoms in total. The molecule has 0 bridgehead atoms. The zero-order chi connectivity index (χ0) is 25.8. The maximum Gasteiger partial charge on any atom is 0.245 e. The smallest absolute Gasteiger partial charge is 0.245 e. The van der Waals surface area contributed by atoms with E-state index in [-0.39, 0.29) is 0 Å². The van der Waals surface area contributed by atoms with Crippen molar-refractivity contribution < 1.29 is 28.8 Å². The molecular weight excluding hydrogens is 432 g/mol. The topological polar surface area (TPSA) is 148 Å². The van der Waals surface area contributed by atoms with E-state index in [4.69, 9.17) is 0 Å². The van der Waals surface area contributed by atoms with Crippen LogP contribution in [0.1, 0.15) is 41.5 Å². The van der Waals surface area contributed by atoms with Gasteiger partial charge in [0, 0.05) is 21.1 Å². The number of hydrogen-bond acceptors (Lipinski definition) is 6. The lowest BCUT2D eigenvalue weighted by Crippen LogP contribution is -2.59. The van der Waals surface area contributed by atoms with Gasteiger partial charge in [-0.2, -0.15) is 0 Å². The molecule has 1 fully saturated rings. The summed E-state index contributed by atoms with van der Waals surface area (Å²) in [6.07, 6.45) is 0. The fourth-order valence-corrected chi connectivity index (χ4v) is 3.19. The van der Waals surface area contributed by atoms with E-state index in [1.807, 2.05) is 0 Å². The molecule has 1 aliphatic heterocycles. The molecule has 0 spiro atoms. The van der Waals surface area contributed by atoms with Crippen LogP contribution >= 0.6 is 0 Å². The predicted octanol–water partition coefficient (Wildman–Crippen LogP) is -1.95. The molecular formula is C21H36N6O6. The van der Waals surface area contributed by atoms with E-state index in [9.17, 15) is 28.8 Å². The number of amides is 6. The van der Waals surface area contributed by atoms with Crippen LogP contribution in [-0.4, -0.2) is 108 Å². The van der Waals surface area contributed by atoms with Crippen molar-refractivity contribution in [3.05, 3.63) is 0 Å². The van der Waals surface area contributed by atoms with E-state index in [1.54, 1.807) is 0 Å². The van der Waals surface area contributed by atoms with E-state index >= 15 is 0 Å². The first kappa shape index (κ1) is 27.9. The Bertz CT molecular complexity index is 817. The Kier molecular flexibility index (Phi) is 9.37. The molecule has 0 saturated carbocycles. The van der Waals surface area contributed by atoms with Crippen LogP contribution in [0.2, 0.25) is 0 Å². The van der Waals surface area contributed by atoms with Crippen LogP contribution in [0.4, 0.5) is 0 Å². The average molecular weight is 469 g/mol. The van der Waals surface area contributed by atoms with Gasteiger partial charge in [0.15, 0.2) is 0 Å². The highest BCUT2D eigenvalue weighted by Gasteiger charge is 2.34. The summed E-state index contributed by atoms with van der Waals surface area (Å²) in [6, 6.07) is -5.69. The first-order valence-corrected chi connectivity index (χ1v) is 10.8. The van der Waals surface area contributed by atoms with Crippen LogP contribution in [0.15, 0.2) is 0 Å². The Morgan fingerprint density at radius 3 is 1.18 bits per heavy atom. The van der Waals surface area contributed by atoms with E-state index in [1.165, 1.54) is 72.5 Å². The molecule has 1 saturated heterocycles. The van der Waals surface area contributed by atoms with Gasteiger partial charge >= 0.3 is 0 Å². The molecule has 0 radical (unpaired) electrons. The molecule has 186 valence electrons. The van der Waals surface area contributed by atoms with Gasteiger partial charge in [0.1, 0.15) is 36.3 Å². The fraction of sp³-hybridized carbons (Fsp3) is 0.714. The van der Waals surface area contributed by atoms with Crippen LogP contribution < -0.4 is 16.0 Å². The number of hydrogen-bond donors (Lipinski definition) is 3. The Hall–Kier alpha value is -3.18. The summed E-state index contributed by atoms with van der Waals surface area (Å²) < 4.78 is 0. The second-order valence-corrected chi connectivity index (χ2v) is 8.57. The number of carbonyl (C=O) groups is 6. The zero-order valence-electron chi connectivity index (χ0n) is 20.8. The normalized spacial score (nSPS) is 32.1. The highest BCUT2D eigenvalue weighted by Crippen LogP contribution is 2.08. The monoisotopic (exact) mass is 468 g/mol. The summed E-state index contributed by atoms with van der Waals surface area (Å²) in [7, 11) is 4.27. The molecule has 12 heteroatoms. The summed E-state index contributed by atoms with van der Waals surface area (Å²) in [5.41, 5.74) is 0. The molecule has 6 amide bonds. The highest BCUT2D eigenvalue weighted by molar-refractivity contribution is 5.97. The van der Waals surface area contributed by atoms with Gasteiger partial charge < -0.3 is 30.7 Å². The van der Waals surface area contributed by atoms with Gasteiger partial charge in [0.05, 0.1) is 0 Å². The third kappa shape index (κ3) is 6.42. The van der Waals surface area contributed by atoms with Crippen molar-refractivity contribution in [2.45, 2.75) is 77.8 Å². The van der Waals surface area contributed by atoms with Crippen molar-refractivity contribution in [2.75, 3.05) is 21.1 Å². The number of carbonyl (C=O) groups excluding carboxylic acids is 6. The molecule has 3 N–H and O–H groups in total. The number of nitrogens with zero attached hydrogens (tertiary/aromatic N) is 3. The van der Waals surface area contributed by atoms with E-state index in [0.29, 0.717) is 0 Å². The van der Waals surface area contributed by atoms with Crippen LogP contribution in [0.3, 0.4) is 0 Å². The number of nitrogens with one attached hydrogen (secondary N) is 3. The molecule has 0 unspecified atom stereocenters. The van der Waals surface area contributed by atoms with Crippen molar-refractivity contribution in [1.82, 2.24) is 30.7 Å². The van der Waals surface area contributed by atoms with Gasteiger partial charge in [-0.25, -0.2) is 0 Å². The van der Waals surface area contributed by atoms with E-state index in [0.717, 1.165) is 4.90 Å². The van der Waals surface area contributed by atoms with Crippen molar-refractivity contribution in [2.24, 2.45) is 0 Å². The minimum Gasteiger partial charge on any atom is -0.343 e. The van der Waals surface area contributed by atoms with E-state index < -0.39 is 71.7 Å². The highest BCUT2D eigenvalue weighted by atomic mass is 16.2. The maximum absolute atomic E-state index is 12.9. The quantitative estimate of drug-likeness (QED) is 0.377. The van der Waals surface area contributed by atoms with Crippen molar-refractivity contribution in [3.8, 4) is 0 Å². The standard InChI is InChI=1S/C21H36N6O6/c1-10-16(28)23-11(2)19(31)25(7)13(4)18(30)24-12(3)20(32)27(9)15(6)21(33)26(8)14(5)17(29)22-10/h10-15H,1-9H3,(H,22,29)(H,23,28)(H,24,30)/t10-,11-,12-,13-,14+,15-/m0/s1. The molecule has 1 aliphatic rings. The number of likely N-dealkylation sites (N-methyl/N-ethyl adjacent to an activating group) is 3. The molecule has 6 atom stereocenters. The Balaban J connectivity index is 3.29. The predicted molar refractivity (Wildman–Crippen MR) is 120 cm³/mol. The van der Waals surface area contributed by atoms with Crippen molar-refractivity contribution in [3.63, 3.8) is 0 Å². The summed E-state index contributed by atoms with van der Waals surface area (Å²) >= 11 is 0. The number of rotatable bonds is 0. The van der Waals surface area contributed by atoms with Gasteiger partial charge in [0.25, 0.3) is 0 Å². The molecule has 0 aromatic carbocycles. The SMILES string of the molecule is C[C@@H]1NC(=O)[C@@H](C)N(C)C(=O)[C@H](C)N(C)C(=O)[C@H](C)NC(=O)[C@H](C)N(C)C(=O)[C@H](C)NC1=O. The zero-order valence-corrected chi connectivity index (χ0v) is 20.8. The van der Waals surface area contributed by atoms with Gasteiger partial charge in [-0.1, -0.05) is 0 Å². The fourth-order valence-electron chi connectivity index (χ4n) is 3.19. The molecule has 33 heavy (non-hydrogen) atoms. The Morgan fingerprint density at radius 1 is 0.455 bits per heavy atom.